The first kappa shape index (κ1) is 21.1. The molecule has 33 heavy (non-hydrogen) atoms. The van der Waals surface area contributed by atoms with E-state index < -0.39 is 5.91 Å². The third-order valence-corrected chi connectivity index (χ3v) is 6.20. The van der Waals surface area contributed by atoms with Crippen molar-refractivity contribution in [3.8, 4) is 0 Å². The molecule has 5 heterocycles. The number of carbonyl (C=O) groups excluding carboxylic acids is 3. The number of likely N-dealkylation sites (N-methyl/N-ethyl adjacent to an activating group) is 1. The van der Waals surface area contributed by atoms with Gasteiger partial charge in [0.25, 0.3) is 17.7 Å². The monoisotopic (exact) mass is 450 g/mol. The molecule has 1 saturated heterocycles. The van der Waals surface area contributed by atoms with E-state index in [9.17, 15) is 14.4 Å². The summed E-state index contributed by atoms with van der Waals surface area (Å²) in [5, 5.41) is 9.36. The van der Waals surface area contributed by atoms with E-state index in [4.69, 9.17) is 0 Å². The second-order valence-electron chi connectivity index (χ2n) is 8.80. The lowest BCUT2D eigenvalue weighted by molar-refractivity contribution is 0.0913. The second-order valence-corrected chi connectivity index (χ2v) is 8.80. The van der Waals surface area contributed by atoms with Crippen LogP contribution in [0.15, 0.2) is 24.4 Å². The van der Waals surface area contributed by atoms with Gasteiger partial charge in [0.2, 0.25) is 5.82 Å². The summed E-state index contributed by atoms with van der Waals surface area (Å²) in [7, 11) is 3.73. The van der Waals surface area contributed by atoms with Gasteiger partial charge in [-0.25, -0.2) is 9.97 Å². The summed E-state index contributed by atoms with van der Waals surface area (Å²) in [5.74, 6) is -0.375. The molecule has 2 aliphatic rings. The smallest absolute Gasteiger partial charge is 0.287 e. The first-order valence-corrected chi connectivity index (χ1v) is 10.9. The predicted molar refractivity (Wildman–Crippen MR) is 121 cm³/mol. The topological polar surface area (TPSA) is 126 Å². The molecular formula is C22H26N8O3. The van der Waals surface area contributed by atoms with E-state index in [1.165, 1.54) is 0 Å². The Morgan fingerprint density at radius 3 is 2.76 bits per heavy atom. The number of imidazole rings is 1. The largest absolute Gasteiger partial charge is 0.349 e. The van der Waals surface area contributed by atoms with Crippen molar-refractivity contribution in [2.45, 2.75) is 25.4 Å². The Hall–Kier alpha value is -3.73. The number of hydrogen-bond acceptors (Lipinski definition) is 6. The van der Waals surface area contributed by atoms with Gasteiger partial charge in [-0.3, -0.25) is 14.4 Å². The Kier molecular flexibility index (Phi) is 5.12. The van der Waals surface area contributed by atoms with Gasteiger partial charge in [0.1, 0.15) is 17.0 Å². The number of aromatic nitrogens is 4. The minimum atomic E-state index is -0.442. The van der Waals surface area contributed by atoms with E-state index in [1.807, 2.05) is 18.5 Å². The molecule has 11 nitrogen and oxygen atoms in total. The fourth-order valence-electron chi connectivity index (χ4n) is 4.49. The van der Waals surface area contributed by atoms with E-state index in [2.05, 4.69) is 30.8 Å². The summed E-state index contributed by atoms with van der Waals surface area (Å²) in [6.45, 7) is 4.24. The van der Waals surface area contributed by atoms with E-state index in [1.54, 1.807) is 36.0 Å². The summed E-state index contributed by atoms with van der Waals surface area (Å²) in [4.78, 5) is 48.7. The molecule has 1 fully saturated rings. The number of nitrogens with one attached hydrogen (secondary N) is 3. The second kappa shape index (κ2) is 8.00. The summed E-state index contributed by atoms with van der Waals surface area (Å²) in [6, 6.07) is 5.28. The van der Waals surface area contributed by atoms with Crippen molar-refractivity contribution in [2.24, 2.45) is 7.05 Å². The predicted octanol–water partition coefficient (Wildman–Crippen LogP) is 0.760. The number of nitrogens with zero attached hydrogens (tertiary/aromatic N) is 5. The lowest BCUT2D eigenvalue weighted by Gasteiger charge is -2.23. The molecule has 0 radical (unpaired) electrons. The van der Waals surface area contributed by atoms with Gasteiger partial charge in [-0.1, -0.05) is 0 Å². The number of fused-ring (bicyclic) bond motifs is 3. The molecule has 11 heteroatoms. The summed E-state index contributed by atoms with van der Waals surface area (Å²) in [6.07, 6.45) is 2.49. The number of anilines is 1. The Morgan fingerprint density at radius 1 is 1.18 bits per heavy atom. The van der Waals surface area contributed by atoms with Crippen LogP contribution >= 0.6 is 0 Å². The zero-order valence-corrected chi connectivity index (χ0v) is 18.8. The molecule has 0 unspecified atom stereocenters. The van der Waals surface area contributed by atoms with Crippen LogP contribution in [0.25, 0.3) is 11.0 Å². The average Bonchev–Trinajstić information content (AvgIpc) is 3.47. The lowest BCUT2D eigenvalue weighted by atomic mass is 10.2. The summed E-state index contributed by atoms with van der Waals surface area (Å²) in [5.41, 5.74) is 1.32. The normalized spacial score (nSPS) is 20.5. The van der Waals surface area contributed by atoms with Crippen LogP contribution < -0.4 is 16.0 Å². The van der Waals surface area contributed by atoms with Gasteiger partial charge in [-0.05, 0) is 45.1 Å². The fraction of sp³-hybridized carbons (Fsp3) is 0.409. The van der Waals surface area contributed by atoms with E-state index in [-0.39, 0.29) is 41.2 Å². The minimum Gasteiger partial charge on any atom is -0.349 e. The standard InChI is InChI=1S/C22H26N8O3/c1-12-9-23-21(32)16-8-13-4-5-15(25-18(13)30(12)16)20(31)27-17-11-29(3)19(26-17)22(33)24-14-6-7-28(2)10-14/h4-5,8,11-12,14H,6-7,9-10H2,1-3H3,(H,23,32)(H,24,33)(H,27,31)/t12-,14+/m1/s1. The highest BCUT2D eigenvalue weighted by Crippen LogP contribution is 2.25. The maximum Gasteiger partial charge on any atom is 0.287 e. The molecule has 3 aromatic rings. The van der Waals surface area contributed by atoms with Crippen LogP contribution in [0, 0.1) is 0 Å². The minimum absolute atomic E-state index is 0.0255. The number of hydrogen-bond donors (Lipinski definition) is 3. The molecule has 0 spiro atoms. The quantitative estimate of drug-likeness (QED) is 0.539. The Bertz CT molecular complexity index is 1280. The highest BCUT2D eigenvalue weighted by molar-refractivity contribution is 6.05. The Morgan fingerprint density at radius 2 is 2.00 bits per heavy atom. The van der Waals surface area contributed by atoms with Gasteiger partial charge < -0.3 is 30.0 Å². The molecule has 3 aromatic heterocycles. The molecule has 5 rings (SSSR count). The molecule has 0 saturated carbocycles. The van der Waals surface area contributed by atoms with Gasteiger partial charge in [-0.2, -0.15) is 0 Å². The lowest BCUT2D eigenvalue weighted by Crippen LogP contribution is -2.37. The number of amides is 3. The number of rotatable bonds is 4. The zero-order chi connectivity index (χ0) is 23.3. The van der Waals surface area contributed by atoms with Crippen LogP contribution in [0.4, 0.5) is 5.82 Å². The number of carbonyl (C=O) groups is 3. The van der Waals surface area contributed by atoms with Crippen molar-refractivity contribution in [3.05, 3.63) is 41.6 Å². The van der Waals surface area contributed by atoms with Crippen LogP contribution in [-0.4, -0.2) is 74.4 Å². The van der Waals surface area contributed by atoms with E-state index >= 15 is 0 Å². The van der Waals surface area contributed by atoms with Crippen molar-refractivity contribution < 1.29 is 14.4 Å². The maximum atomic E-state index is 12.9. The SMILES string of the molecule is C[C@@H]1CNC(=O)c2cc3ccc(C(=O)Nc4cn(C)c(C(=O)N[C@H]5CCN(C)C5)n4)nc3n21. The van der Waals surface area contributed by atoms with Crippen LogP contribution in [0.1, 0.15) is 51.0 Å². The van der Waals surface area contributed by atoms with Crippen molar-refractivity contribution in [1.82, 2.24) is 34.6 Å². The number of likely N-dealkylation sites (tertiary alicyclic amines) is 1. The van der Waals surface area contributed by atoms with Crippen molar-refractivity contribution >= 4 is 34.6 Å². The highest BCUT2D eigenvalue weighted by Gasteiger charge is 2.26. The molecule has 2 atom stereocenters. The van der Waals surface area contributed by atoms with Crippen molar-refractivity contribution in [2.75, 3.05) is 32.0 Å². The van der Waals surface area contributed by atoms with Gasteiger partial charge in [0.15, 0.2) is 5.82 Å². The highest BCUT2D eigenvalue weighted by atomic mass is 16.2. The van der Waals surface area contributed by atoms with Crippen LogP contribution in [0.3, 0.4) is 0 Å². The molecule has 3 amide bonds. The first-order chi connectivity index (χ1) is 15.8. The van der Waals surface area contributed by atoms with Gasteiger partial charge in [0, 0.05) is 37.8 Å². The van der Waals surface area contributed by atoms with E-state index in [0.29, 0.717) is 17.9 Å². The summed E-state index contributed by atoms with van der Waals surface area (Å²) >= 11 is 0. The Balaban J connectivity index is 1.35. The Labute approximate surface area is 190 Å². The maximum absolute atomic E-state index is 12.9. The molecule has 2 aliphatic heterocycles. The number of pyridine rings is 1. The molecule has 0 aliphatic carbocycles. The van der Waals surface area contributed by atoms with E-state index in [0.717, 1.165) is 24.9 Å². The molecular weight excluding hydrogens is 424 g/mol. The zero-order valence-electron chi connectivity index (χ0n) is 18.8. The van der Waals surface area contributed by atoms with Crippen LogP contribution in [-0.2, 0) is 7.05 Å². The van der Waals surface area contributed by atoms with Crippen LogP contribution in [0.5, 0.6) is 0 Å². The number of aryl methyl sites for hydroxylation is 1. The third-order valence-electron chi connectivity index (χ3n) is 6.20. The first-order valence-electron chi connectivity index (χ1n) is 10.9. The van der Waals surface area contributed by atoms with Gasteiger partial charge in [-0.15, -0.1) is 0 Å². The van der Waals surface area contributed by atoms with Crippen molar-refractivity contribution in [1.29, 1.82) is 0 Å². The molecule has 172 valence electrons. The average molecular weight is 451 g/mol. The molecule has 0 bridgehead atoms. The summed E-state index contributed by atoms with van der Waals surface area (Å²) < 4.78 is 3.44. The van der Waals surface area contributed by atoms with Crippen molar-refractivity contribution in [3.63, 3.8) is 0 Å². The van der Waals surface area contributed by atoms with Gasteiger partial charge in [0.05, 0.1) is 6.04 Å². The molecule has 3 N–H and O–H groups in total. The van der Waals surface area contributed by atoms with Gasteiger partial charge >= 0.3 is 0 Å². The molecule has 0 aromatic carbocycles. The van der Waals surface area contributed by atoms with Crippen LogP contribution in [0.2, 0.25) is 0 Å². The third kappa shape index (κ3) is 3.84. The fourth-order valence-corrected chi connectivity index (χ4v) is 4.49.